The van der Waals surface area contributed by atoms with Crippen LogP contribution in [-0.2, 0) is 11.3 Å². The summed E-state index contributed by atoms with van der Waals surface area (Å²) in [5.41, 5.74) is 1.57. The van der Waals surface area contributed by atoms with Gasteiger partial charge < -0.3 is 15.6 Å². The maximum atomic E-state index is 12.9. The summed E-state index contributed by atoms with van der Waals surface area (Å²) in [6.45, 7) is 1.71. The smallest absolute Gasteiger partial charge is 0.333 e. The Labute approximate surface area is 182 Å². The van der Waals surface area contributed by atoms with E-state index in [0.717, 1.165) is 10.1 Å². The van der Waals surface area contributed by atoms with Crippen molar-refractivity contribution in [2.45, 2.75) is 13.5 Å². The lowest BCUT2D eigenvalue weighted by atomic mass is 10.1. The Kier molecular flexibility index (Phi) is 5.67. The van der Waals surface area contributed by atoms with Crippen molar-refractivity contribution in [2.24, 2.45) is 0 Å². The fraction of sp³-hybridized carbons (Fsp3) is 0.0833. The summed E-state index contributed by atoms with van der Waals surface area (Å²) in [5, 5.41) is 5.79. The zero-order valence-electron chi connectivity index (χ0n) is 17.2. The lowest BCUT2D eigenvalue weighted by Gasteiger charge is -2.09. The first-order valence-electron chi connectivity index (χ1n) is 9.91. The molecule has 160 valence electrons. The zero-order chi connectivity index (χ0) is 22.7. The fourth-order valence-electron chi connectivity index (χ4n) is 3.36. The molecule has 3 aromatic carbocycles. The molecule has 2 amide bonds. The van der Waals surface area contributed by atoms with Crippen molar-refractivity contribution in [3.63, 3.8) is 0 Å². The minimum atomic E-state index is -0.578. The third kappa shape index (κ3) is 4.34. The third-order valence-corrected chi connectivity index (χ3v) is 4.90. The average molecular weight is 428 g/mol. The van der Waals surface area contributed by atoms with Crippen molar-refractivity contribution >= 4 is 28.4 Å². The Morgan fingerprint density at radius 2 is 1.66 bits per heavy atom. The largest absolute Gasteiger partial charge is 0.348 e. The second-order valence-corrected chi connectivity index (χ2v) is 7.23. The number of aromatic amines is 1. The molecular formula is C24H20N4O4. The predicted molar refractivity (Wildman–Crippen MR) is 122 cm³/mol. The number of H-pyrrole nitrogens is 1. The van der Waals surface area contributed by atoms with E-state index in [9.17, 15) is 19.2 Å². The molecule has 0 saturated carbocycles. The summed E-state index contributed by atoms with van der Waals surface area (Å²) in [6.07, 6.45) is 0. The number of nitrogens with one attached hydrogen (secondary N) is 3. The first-order valence-corrected chi connectivity index (χ1v) is 9.91. The molecule has 0 aliphatic rings. The fourth-order valence-corrected chi connectivity index (χ4v) is 3.36. The molecule has 3 N–H and O–H groups in total. The number of para-hydroxylation sites is 1. The number of carbonyl (C=O) groups excluding carboxylic acids is 2. The van der Waals surface area contributed by atoms with Gasteiger partial charge in [0.25, 0.3) is 11.5 Å². The molecule has 32 heavy (non-hydrogen) atoms. The molecule has 0 aliphatic carbocycles. The SMILES string of the molecule is CC(=O)Nc1ccc(CNC(=O)c2ccc3c(=O)n(-c4ccccc4)c(=O)[nH]c3c2)cc1. The van der Waals surface area contributed by atoms with Crippen molar-refractivity contribution < 1.29 is 9.59 Å². The number of hydrogen-bond acceptors (Lipinski definition) is 4. The van der Waals surface area contributed by atoms with Crippen LogP contribution >= 0.6 is 0 Å². The lowest BCUT2D eigenvalue weighted by Crippen LogP contribution is -2.33. The molecule has 0 radical (unpaired) electrons. The molecule has 4 rings (SSSR count). The monoisotopic (exact) mass is 428 g/mol. The molecule has 0 spiro atoms. The van der Waals surface area contributed by atoms with Gasteiger partial charge in [0, 0.05) is 24.7 Å². The van der Waals surface area contributed by atoms with E-state index in [0.29, 0.717) is 27.8 Å². The highest BCUT2D eigenvalue weighted by Crippen LogP contribution is 2.12. The first-order chi connectivity index (χ1) is 15.4. The number of fused-ring (bicyclic) bond motifs is 1. The van der Waals surface area contributed by atoms with Crippen molar-refractivity contribution in [1.82, 2.24) is 14.9 Å². The summed E-state index contributed by atoms with van der Waals surface area (Å²) in [4.78, 5) is 51.7. The van der Waals surface area contributed by atoms with Crippen LogP contribution in [0.15, 0.2) is 82.4 Å². The molecule has 0 fully saturated rings. The van der Waals surface area contributed by atoms with Gasteiger partial charge in [0.15, 0.2) is 0 Å². The summed E-state index contributed by atoms with van der Waals surface area (Å²) in [5.74, 6) is -0.498. The van der Waals surface area contributed by atoms with Crippen LogP contribution in [0.4, 0.5) is 5.69 Å². The minimum absolute atomic E-state index is 0.157. The van der Waals surface area contributed by atoms with E-state index in [1.165, 1.54) is 19.1 Å². The molecule has 0 atom stereocenters. The van der Waals surface area contributed by atoms with Crippen LogP contribution in [0.5, 0.6) is 0 Å². The Hall–Kier alpha value is -4.46. The van der Waals surface area contributed by atoms with Crippen LogP contribution in [0.3, 0.4) is 0 Å². The van der Waals surface area contributed by atoms with Gasteiger partial charge in [-0.25, -0.2) is 9.36 Å². The van der Waals surface area contributed by atoms with Crippen molar-refractivity contribution in [3.8, 4) is 5.69 Å². The van der Waals surface area contributed by atoms with E-state index >= 15 is 0 Å². The molecule has 4 aromatic rings. The van der Waals surface area contributed by atoms with E-state index in [1.807, 2.05) is 0 Å². The molecule has 0 unspecified atom stereocenters. The first kappa shape index (κ1) is 20.8. The van der Waals surface area contributed by atoms with Gasteiger partial charge in [-0.15, -0.1) is 0 Å². The molecule has 0 aliphatic heterocycles. The number of nitrogens with zero attached hydrogens (tertiary/aromatic N) is 1. The minimum Gasteiger partial charge on any atom is -0.348 e. The van der Waals surface area contributed by atoms with Crippen LogP contribution in [-0.4, -0.2) is 21.4 Å². The van der Waals surface area contributed by atoms with Gasteiger partial charge in [-0.3, -0.25) is 14.4 Å². The van der Waals surface area contributed by atoms with E-state index < -0.39 is 11.2 Å². The maximum Gasteiger partial charge on any atom is 0.333 e. The second-order valence-electron chi connectivity index (χ2n) is 7.23. The molecule has 8 heteroatoms. The molecule has 0 saturated heterocycles. The lowest BCUT2D eigenvalue weighted by molar-refractivity contribution is -0.114. The average Bonchev–Trinajstić information content (AvgIpc) is 2.78. The Balaban J connectivity index is 1.55. The maximum absolute atomic E-state index is 12.9. The zero-order valence-corrected chi connectivity index (χ0v) is 17.2. The quantitative estimate of drug-likeness (QED) is 0.453. The third-order valence-electron chi connectivity index (χ3n) is 4.90. The van der Waals surface area contributed by atoms with Crippen LogP contribution in [0.1, 0.15) is 22.8 Å². The van der Waals surface area contributed by atoms with Crippen LogP contribution in [0.25, 0.3) is 16.6 Å². The molecule has 1 aromatic heterocycles. The van der Waals surface area contributed by atoms with Gasteiger partial charge in [-0.2, -0.15) is 0 Å². The van der Waals surface area contributed by atoms with E-state index in [4.69, 9.17) is 0 Å². The van der Waals surface area contributed by atoms with Crippen LogP contribution < -0.4 is 21.9 Å². The summed E-state index contributed by atoms with van der Waals surface area (Å²) < 4.78 is 1.06. The number of rotatable bonds is 5. The number of hydrogen-bond donors (Lipinski definition) is 3. The van der Waals surface area contributed by atoms with Crippen molar-refractivity contribution in [2.75, 3.05) is 5.32 Å². The van der Waals surface area contributed by atoms with Gasteiger partial charge in [-0.1, -0.05) is 30.3 Å². The van der Waals surface area contributed by atoms with Gasteiger partial charge in [0.05, 0.1) is 16.6 Å². The summed E-state index contributed by atoms with van der Waals surface area (Å²) >= 11 is 0. The van der Waals surface area contributed by atoms with Crippen LogP contribution in [0.2, 0.25) is 0 Å². The highest BCUT2D eigenvalue weighted by atomic mass is 16.2. The normalized spacial score (nSPS) is 10.7. The van der Waals surface area contributed by atoms with E-state index in [-0.39, 0.29) is 18.4 Å². The topological polar surface area (TPSA) is 113 Å². The predicted octanol–water partition coefficient (Wildman–Crippen LogP) is 2.57. The number of aromatic nitrogens is 2. The summed E-state index contributed by atoms with van der Waals surface area (Å²) in [7, 11) is 0. The van der Waals surface area contributed by atoms with Gasteiger partial charge in [0.1, 0.15) is 0 Å². The molecule has 8 nitrogen and oxygen atoms in total. The Morgan fingerprint density at radius 3 is 2.34 bits per heavy atom. The number of benzene rings is 3. The highest BCUT2D eigenvalue weighted by molar-refractivity contribution is 5.97. The molecule has 1 heterocycles. The van der Waals surface area contributed by atoms with Gasteiger partial charge in [-0.05, 0) is 48.0 Å². The summed E-state index contributed by atoms with van der Waals surface area (Å²) in [6, 6.07) is 20.3. The van der Waals surface area contributed by atoms with Crippen molar-refractivity contribution in [3.05, 3.63) is 105 Å². The molecule has 0 bridgehead atoms. The van der Waals surface area contributed by atoms with Gasteiger partial charge >= 0.3 is 5.69 Å². The van der Waals surface area contributed by atoms with Crippen LogP contribution in [0, 0.1) is 0 Å². The Morgan fingerprint density at radius 1 is 0.938 bits per heavy atom. The second kappa shape index (κ2) is 8.73. The van der Waals surface area contributed by atoms with Gasteiger partial charge in [0.2, 0.25) is 5.91 Å². The van der Waals surface area contributed by atoms with E-state index in [1.54, 1.807) is 60.7 Å². The standard InChI is InChI=1S/C24H20N4O4/c1-15(29)26-18-10-7-16(8-11-18)14-25-22(30)17-9-12-20-21(13-17)27-24(32)28(23(20)31)19-5-3-2-4-6-19/h2-13H,14H2,1H3,(H,25,30)(H,26,29)(H,27,32). The van der Waals surface area contributed by atoms with E-state index in [2.05, 4.69) is 15.6 Å². The number of amides is 2. The number of anilines is 1. The Bertz CT molecular complexity index is 1420. The molecular weight excluding hydrogens is 408 g/mol. The number of carbonyl (C=O) groups is 2. The van der Waals surface area contributed by atoms with Crippen molar-refractivity contribution in [1.29, 1.82) is 0 Å². The highest BCUT2D eigenvalue weighted by Gasteiger charge is 2.12.